The van der Waals surface area contributed by atoms with Gasteiger partial charge in [0.2, 0.25) is 0 Å². The lowest BCUT2D eigenvalue weighted by Gasteiger charge is -2.34. The van der Waals surface area contributed by atoms with Crippen LogP contribution in [0.15, 0.2) is 60.7 Å². The lowest BCUT2D eigenvalue weighted by Crippen LogP contribution is -2.52. The monoisotopic (exact) mass is 406 g/mol. The Morgan fingerprint density at radius 2 is 1.57 bits per heavy atom. The van der Waals surface area contributed by atoms with Crippen molar-refractivity contribution < 1.29 is 19.1 Å². The topological polar surface area (TPSA) is 94.7 Å². The minimum absolute atomic E-state index is 0.196. The Labute approximate surface area is 173 Å². The number of rotatable bonds is 4. The van der Waals surface area contributed by atoms with E-state index in [9.17, 15) is 14.4 Å². The second-order valence-corrected chi connectivity index (χ2v) is 7.01. The lowest BCUT2D eigenvalue weighted by molar-refractivity contribution is -0.135. The van der Waals surface area contributed by atoms with E-state index < -0.39 is 5.97 Å². The summed E-state index contributed by atoms with van der Waals surface area (Å²) in [7, 11) is 0. The number of nitrogens with one attached hydrogen (secondary N) is 2. The number of carbonyl (C=O) groups is 3. The molecule has 1 aliphatic rings. The Morgan fingerprint density at radius 3 is 2.30 bits per heavy atom. The molecule has 0 saturated carbocycles. The van der Waals surface area contributed by atoms with Gasteiger partial charge in [0.25, 0.3) is 5.91 Å². The molecule has 2 N–H and O–H groups in total. The standard InChI is InChI=1S/C22H22N4O4/c27-20(15-30-21(28)19-14-16-6-4-5-9-18(16)24-19)25-10-12-26(13-11-25)22(29)23-17-7-2-1-3-8-17/h1-9,14,24H,10-13,15H2,(H,23,29). The van der Waals surface area contributed by atoms with E-state index in [1.54, 1.807) is 15.9 Å². The van der Waals surface area contributed by atoms with Crippen LogP contribution in [0.3, 0.4) is 0 Å². The second kappa shape index (κ2) is 8.69. The normalized spacial score (nSPS) is 13.9. The molecule has 2 aromatic carbocycles. The summed E-state index contributed by atoms with van der Waals surface area (Å²) in [6.07, 6.45) is 0. The van der Waals surface area contributed by atoms with Gasteiger partial charge in [-0.2, -0.15) is 0 Å². The van der Waals surface area contributed by atoms with E-state index in [1.807, 2.05) is 54.6 Å². The van der Waals surface area contributed by atoms with Crippen molar-refractivity contribution in [3.8, 4) is 0 Å². The predicted molar refractivity (Wildman–Crippen MR) is 112 cm³/mol. The average Bonchev–Trinajstić information content (AvgIpc) is 3.22. The highest BCUT2D eigenvalue weighted by Crippen LogP contribution is 2.15. The summed E-state index contributed by atoms with van der Waals surface area (Å²) in [5, 5.41) is 3.74. The van der Waals surface area contributed by atoms with Gasteiger partial charge < -0.3 is 24.8 Å². The van der Waals surface area contributed by atoms with Gasteiger partial charge in [0.05, 0.1) is 0 Å². The molecule has 0 aliphatic carbocycles. The zero-order valence-electron chi connectivity index (χ0n) is 16.3. The molecule has 0 spiro atoms. The number of para-hydroxylation sites is 2. The van der Waals surface area contributed by atoms with Gasteiger partial charge in [-0.25, -0.2) is 9.59 Å². The molecule has 1 saturated heterocycles. The van der Waals surface area contributed by atoms with Crippen LogP contribution in [0.4, 0.5) is 10.5 Å². The average molecular weight is 406 g/mol. The molecular weight excluding hydrogens is 384 g/mol. The highest BCUT2D eigenvalue weighted by Gasteiger charge is 2.25. The highest BCUT2D eigenvalue weighted by molar-refractivity contribution is 5.95. The molecule has 1 aromatic heterocycles. The quantitative estimate of drug-likeness (QED) is 0.652. The van der Waals surface area contributed by atoms with Crippen LogP contribution in [-0.4, -0.2) is 65.5 Å². The summed E-state index contributed by atoms with van der Waals surface area (Å²) in [6, 6.07) is 18.2. The molecule has 154 valence electrons. The van der Waals surface area contributed by atoms with E-state index in [0.29, 0.717) is 31.9 Å². The smallest absolute Gasteiger partial charge is 0.355 e. The van der Waals surface area contributed by atoms with E-state index in [1.165, 1.54) is 0 Å². The van der Waals surface area contributed by atoms with Gasteiger partial charge in [-0.1, -0.05) is 36.4 Å². The summed E-state index contributed by atoms with van der Waals surface area (Å²) in [5.74, 6) is -0.844. The SMILES string of the molecule is O=C(OCC(=O)N1CCN(C(=O)Nc2ccccc2)CC1)c1cc2ccccc2[nH]1. The van der Waals surface area contributed by atoms with E-state index in [0.717, 1.165) is 16.6 Å². The first-order valence-corrected chi connectivity index (χ1v) is 9.74. The fourth-order valence-electron chi connectivity index (χ4n) is 3.36. The van der Waals surface area contributed by atoms with Gasteiger partial charge in [-0.3, -0.25) is 4.79 Å². The van der Waals surface area contributed by atoms with Gasteiger partial charge in [0.1, 0.15) is 5.69 Å². The third-order valence-corrected chi connectivity index (χ3v) is 5.02. The van der Waals surface area contributed by atoms with Crippen molar-refractivity contribution in [1.82, 2.24) is 14.8 Å². The third-order valence-electron chi connectivity index (χ3n) is 5.02. The second-order valence-electron chi connectivity index (χ2n) is 7.01. The van der Waals surface area contributed by atoms with Gasteiger partial charge in [0.15, 0.2) is 6.61 Å². The molecule has 2 heterocycles. The Morgan fingerprint density at radius 1 is 0.900 bits per heavy atom. The zero-order chi connectivity index (χ0) is 20.9. The number of aromatic amines is 1. The van der Waals surface area contributed by atoms with Crippen LogP contribution >= 0.6 is 0 Å². The molecule has 0 atom stereocenters. The van der Waals surface area contributed by atoms with E-state index >= 15 is 0 Å². The summed E-state index contributed by atoms with van der Waals surface area (Å²) < 4.78 is 5.17. The van der Waals surface area contributed by atoms with E-state index in [-0.39, 0.29) is 18.5 Å². The Balaban J connectivity index is 1.24. The van der Waals surface area contributed by atoms with Crippen LogP contribution in [-0.2, 0) is 9.53 Å². The van der Waals surface area contributed by atoms with Crippen LogP contribution in [0, 0.1) is 0 Å². The number of benzene rings is 2. The highest BCUT2D eigenvalue weighted by atomic mass is 16.5. The van der Waals surface area contributed by atoms with Crippen molar-refractivity contribution in [2.24, 2.45) is 0 Å². The van der Waals surface area contributed by atoms with Gasteiger partial charge in [0, 0.05) is 42.8 Å². The van der Waals surface area contributed by atoms with Crippen molar-refractivity contribution in [1.29, 1.82) is 0 Å². The molecule has 3 amide bonds. The number of nitrogens with zero attached hydrogens (tertiary/aromatic N) is 2. The number of urea groups is 1. The number of fused-ring (bicyclic) bond motifs is 1. The third kappa shape index (κ3) is 4.43. The van der Waals surface area contributed by atoms with E-state index in [4.69, 9.17) is 4.74 Å². The first-order valence-electron chi connectivity index (χ1n) is 9.74. The number of hydrogen-bond acceptors (Lipinski definition) is 4. The van der Waals surface area contributed by atoms with Crippen molar-refractivity contribution in [3.63, 3.8) is 0 Å². The van der Waals surface area contributed by atoms with Crippen molar-refractivity contribution in [2.45, 2.75) is 0 Å². The maximum Gasteiger partial charge on any atom is 0.355 e. The van der Waals surface area contributed by atoms with E-state index in [2.05, 4.69) is 10.3 Å². The van der Waals surface area contributed by atoms with Gasteiger partial charge >= 0.3 is 12.0 Å². The fraction of sp³-hybridized carbons (Fsp3) is 0.227. The molecule has 0 bridgehead atoms. The van der Waals surface area contributed by atoms with Crippen LogP contribution in [0.25, 0.3) is 10.9 Å². The number of ether oxygens (including phenoxy) is 1. The van der Waals surface area contributed by atoms with Gasteiger partial charge in [-0.15, -0.1) is 0 Å². The Bertz CT molecular complexity index is 1020. The molecule has 1 fully saturated rings. The number of esters is 1. The molecular formula is C22H22N4O4. The lowest BCUT2D eigenvalue weighted by atomic mass is 10.2. The first kappa shape index (κ1) is 19.5. The molecule has 0 unspecified atom stereocenters. The zero-order valence-corrected chi connectivity index (χ0v) is 16.3. The molecule has 8 heteroatoms. The van der Waals surface area contributed by atoms with Crippen LogP contribution in [0.2, 0.25) is 0 Å². The minimum atomic E-state index is -0.569. The largest absolute Gasteiger partial charge is 0.451 e. The van der Waals surface area contributed by atoms with Crippen molar-refractivity contribution >= 4 is 34.5 Å². The molecule has 3 aromatic rings. The van der Waals surface area contributed by atoms with Gasteiger partial charge in [-0.05, 0) is 24.3 Å². The summed E-state index contributed by atoms with van der Waals surface area (Å²) in [4.78, 5) is 43.2. The van der Waals surface area contributed by atoms with Crippen molar-refractivity contribution in [3.05, 3.63) is 66.4 Å². The van der Waals surface area contributed by atoms with Crippen LogP contribution in [0.1, 0.15) is 10.5 Å². The fourth-order valence-corrected chi connectivity index (χ4v) is 3.36. The number of anilines is 1. The number of hydrogen-bond donors (Lipinski definition) is 2. The minimum Gasteiger partial charge on any atom is -0.451 e. The Hall–Kier alpha value is -3.81. The molecule has 30 heavy (non-hydrogen) atoms. The predicted octanol–water partition coefficient (Wildman–Crippen LogP) is 2.70. The van der Waals surface area contributed by atoms with Crippen molar-refractivity contribution in [2.75, 3.05) is 38.1 Å². The molecule has 4 rings (SSSR count). The van der Waals surface area contributed by atoms with Crippen LogP contribution in [0.5, 0.6) is 0 Å². The summed E-state index contributed by atoms with van der Waals surface area (Å²) in [6.45, 7) is 1.29. The number of carbonyl (C=O) groups excluding carboxylic acids is 3. The van der Waals surface area contributed by atoms with Crippen LogP contribution < -0.4 is 5.32 Å². The number of aromatic nitrogens is 1. The number of H-pyrrole nitrogens is 1. The summed E-state index contributed by atoms with van der Waals surface area (Å²) >= 11 is 0. The first-order chi connectivity index (χ1) is 14.6. The Kier molecular flexibility index (Phi) is 5.65. The summed E-state index contributed by atoms with van der Waals surface area (Å²) in [5.41, 5.74) is 1.87. The maximum absolute atomic E-state index is 12.4. The maximum atomic E-state index is 12.4. The number of amides is 3. The molecule has 1 aliphatic heterocycles. The molecule has 0 radical (unpaired) electrons. The number of piperazine rings is 1. The molecule has 8 nitrogen and oxygen atoms in total.